The van der Waals surface area contributed by atoms with Crippen LogP contribution >= 0.6 is 0 Å². The molecule has 8 nitrogen and oxygen atoms in total. The van der Waals surface area contributed by atoms with Gasteiger partial charge in [0.25, 0.3) is 0 Å². The van der Waals surface area contributed by atoms with Crippen LogP contribution in [0.15, 0.2) is 43.0 Å². The zero-order valence-corrected chi connectivity index (χ0v) is 21.4. The molecule has 0 bridgehead atoms. The predicted octanol–water partition coefficient (Wildman–Crippen LogP) is 5.57. The smallest absolute Gasteiger partial charge is 0.168 e. The number of aromatic nitrogens is 5. The lowest BCUT2D eigenvalue weighted by atomic mass is 9.78. The van der Waals surface area contributed by atoms with Crippen LogP contribution in [0.25, 0.3) is 22.3 Å². The van der Waals surface area contributed by atoms with Crippen LogP contribution < -0.4 is 16.0 Å². The Morgan fingerprint density at radius 1 is 1.00 bits per heavy atom. The lowest BCUT2D eigenvalue weighted by molar-refractivity contribution is 0.236. The summed E-state index contributed by atoms with van der Waals surface area (Å²) in [6.45, 7) is 6.39. The van der Waals surface area contributed by atoms with Crippen molar-refractivity contribution in [3.05, 3.63) is 60.2 Å². The van der Waals surface area contributed by atoms with Crippen molar-refractivity contribution in [1.29, 1.82) is 0 Å². The van der Waals surface area contributed by atoms with Gasteiger partial charge in [-0.3, -0.25) is 4.98 Å². The number of rotatable bonds is 6. The highest BCUT2D eigenvalue weighted by Crippen LogP contribution is 2.42. The summed E-state index contributed by atoms with van der Waals surface area (Å²) in [5, 5.41) is 11.1. The largest absolute Gasteiger partial charge is 0.366 e. The molecule has 5 heterocycles. The van der Waals surface area contributed by atoms with Crippen molar-refractivity contribution in [2.45, 2.75) is 51.5 Å². The van der Waals surface area contributed by atoms with Crippen LogP contribution in [0.1, 0.15) is 51.0 Å². The fraction of sp³-hybridized carbons (Fsp3) is 0.393. The number of halogens is 2. The maximum absolute atomic E-state index is 14.2. The Hall–Kier alpha value is -3.79. The molecule has 4 aromatic rings. The Balaban J connectivity index is 1.42. The minimum absolute atomic E-state index is 0.0410. The highest BCUT2D eigenvalue weighted by Gasteiger charge is 2.33. The first kappa shape index (κ1) is 24.5. The van der Waals surface area contributed by atoms with Gasteiger partial charge in [0.05, 0.1) is 17.9 Å². The van der Waals surface area contributed by atoms with Crippen LogP contribution in [0, 0.1) is 17.0 Å². The molecule has 0 aromatic carbocycles. The maximum atomic E-state index is 14.2. The molecule has 1 saturated heterocycles. The second-order valence-corrected chi connectivity index (χ2v) is 10.8. The molecule has 6 rings (SSSR count). The van der Waals surface area contributed by atoms with Crippen molar-refractivity contribution in [2.24, 2.45) is 5.41 Å². The van der Waals surface area contributed by atoms with Crippen LogP contribution in [-0.2, 0) is 0 Å². The van der Waals surface area contributed by atoms with E-state index in [0.717, 1.165) is 61.3 Å². The number of hydrogen-bond acceptors (Lipinski definition) is 8. The van der Waals surface area contributed by atoms with Crippen LogP contribution in [0.3, 0.4) is 0 Å². The van der Waals surface area contributed by atoms with Gasteiger partial charge in [-0.25, -0.2) is 28.7 Å². The fourth-order valence-electron chi connectivity index (χ4n) is 5.24. The van der Waals surface area contributed by atoms with Gasteiger partial charge in [-0.05, 0) is 54.8 Å². The summed E-state index contributed by atoms with van der Waals surface area (Å²) in [7, 11) is 0. The third kappa shape index (κ3) is 4.76. The molecule has 1 aliphatic heterocycles. The molecule has 2 aliphatic rings. The van der Waals surface area contributed by atoms with Gasteiger partial charge in [0.1, 0.15) is 17.5 Å². The first-order valence-corrected chi connectivity index (χ1v) is 13.0. The second kappa shape index (κ2) is 9.83. The quantitative estimate of drug-likeness (QED) is 0.306. The average molecular weight is 517 g/mol. The van der Waals surface area contributed by atoms with E-state index in [-0.39, 0.29) is 17.3 Å². The molecule has 1 saturated carbocycles. The van der Waals surface area contributed by atoms with Gasteiger partial charge < -0.3 is 16.0 Å². The predicted molar refractivity (Wildman–Crippen MR) is 143 cm³/mol. The number of pyridine rings is 3. The third-order valence-electron chi connectivity index (χ3n) is 7.70. The van der Waals surface area contributed by atoms with Gasteiger partial charge in [-0.1, -0.05) is 20.3 Å². The van der Waals surface area contributed by atoms with Crippen LogP contribution in [-0.4, -0.2) is 44.1 Å². The van der Waals surface area contributed by atoms with E-state index in [1.807, 2.05) is 12.3 Å². The summed E-state index contributed by atoms with van der Waals surface area (Å²) in [4.78, 5) is 22.5. The van der Waals surface area contributed by atoms with E-state index in [9.17, 15) is 8.78 Å². The highest BCUT2D eigenvalue weighted by molar-refractivity contribution is 5.93. The van der Waals surface area contributed by atoms with Gasteiger partial charge >= 0.3 is 0 Å². The monoisotopic (exact) mass is 516 g/mol. The molecule has 0 spiro atoms. The lowest BCUT2D eigenvalue weighted by Crippen LogP contribution is -2.49. The van der Waals surface area contributed by atoms with E-state index < -0.39 is 11.6 Å². The van der Waals surface area contributed by atoms with E-state index in [2.05, 4.69) is 44.7 Å². The molecule has 0 radical (unpaired) electrons. The van der Waals surface area contributed by atoms with Crippen molar-refractivity contribution in [1.82, 2.24) is 30.2 Å². The Kier molecular flexibility index (Phi) is 6.35. The molecule has 38 heavy (non-hydrogen) atoms. The van der Waals surface area contributed by atoms with Gasteiger partial charge in [0.2, 0.25) is 0 Å². The summed E-state index contributed by atoms with van der Waals surface area (Å²) in [5.74, 6) is 0.483. The van der Waals surface area contributed by atoms with Crippen molar-refractivity contribution < 1.29 is 8.78 Å². The minimum atomic E-state index is -0.801. The summed E-state index contributed by atoms with van der Waals surface area (Å²) in [5.41, 5.74) is 2.73. The zero-order valence-electron chi connectivity index (χ0n) is 21.4. The molecule has 10 heteroatoms. The number of piperidine rings is 1. The summed E-state index contributed by atoms with van der Waals surface area (Å²) in [6.07, 6.45) is 10.8. The molecule has 1 aliphatic carbocycles. The first-order chi connectivity index (χ1) is 18.4. The van der Waals surface area contributed by atoms with Crippen molar-refractivity contribution in [2.75, 3.05) is 23.7 Å². The van der Waals surface area contributed by atoms with E-state index >= 15 is 0 Å². The molecule has 3 N–H and O–H groups in total. The summed E-state index contributed by atoms with van der Waals surface area (Å²) >= 11 is 0. The van der Waals surface area contributed by atoms with E-state index in [1.54, 1.807) is 18.5 Å². The number of hydrogen-bond donors (Lipinski definition) is 3. The summed E-state index contributed by atoms with van der Waals surface area (Å²) < 4.78 is 27.5. The second-order valence-electron chi connectivity index (χ2n) is 10.8. The normalized spacial score (nSPS) is 19.2. The molecule has 2 fully saturated rings. The molecule has 196 valence electrons. The topological polar surface area (TPSA) is 101 Å². The molecule has 0 amide bonds. The molecule has 1 atom stereocenters. The van der Waals surface area contributed by atoms with E-state index in [0.29, 0.717) is 23.1 Å². The standard InChI is InChI=1S/C28H30F2N8/c1-28(2)15-31-8-7-22(28)36-27-24-19(16-4-3-5-16)13-32-14-21(24)35-25(38-27)17-6-9-33-23(10-17)37-26-20(30)11-18(29)12-34-26/h6,9-14,16,22,31H,3-5,7-8,15H2,1-2H3,(H,33,34,37)(H,35,36,38)/t22-/m0/s1. The SMILES string of the molecule is CC1(C)CNCC[C@@H]1Nc1nc(-c2ccnc(Nc3ncc(F)cc3F)c2)nc2cncc(C3CCC3)c12. The highest BCUT2D eigenvalue weighted by atomic mass is 19.1. The van der Waals surface area contributed by atoms with Gasteiger partial charge in [0.15, 0.2) is 17.5 Å². The number of anilines is 3. The molecular formula is C28H30F2N8. The lowest BCUT2D eigenvalue weighted by Gasteiger charge is -2.40. The van der Waals surface area contributed by atoms with Crippen LogP contribution in [0.4, 0.5) is 26.2 Å². The molecule has 0 unspecified atom stereocenters. The van der Waals surface area contributed by atoms with Gasteiger partial charge in [-0.15, -0.1) is 0 Å². The minimum Gasteiger partial charge on any atom is -0.366 e. The third-order valence-corrected chi connectivity index (χ3v) is 7.70. The summed E-state index contributed by atoms with van der Waals surface area (Å²) in [6, 6.07) is 4.55. The Morgan fingerprint density at radius 2 is 1.87 bits per heavy atom. The van der Waals surface area contributed by atoms with Crippen molar-refractivity contribution >= 4 is 28.4 Å². The Labute approximate surface area is 219 Å². The van der Waals surface area contributed by atoms with Gasteiger partial charge in [0, 0.05) is 42.0 Å². The van der Waals surface area contributed by atoms with Gasteiger partial charge in [-0.2, -0.15) is 0 Å². The molecular weight excluding hydrogens is 486 g/mol. The number of nitrogens with zero attached hydrogens (tertiary/aromatic N) is 5. The number of nitrogens with one attached hydrogen (secondary N) is 3. The number of fused-ring (bicyclic) bond motifs is 1. The molecule has 4 aromatic heterocycles. The average Bonchev–Trinajstić information content (AvgIpc) is 2.86. The Morgan fingerprint density at radius 3 is 2.63 bits per heavy atom. The van der Waals surface area contributed by atoms with Crippen molar-refractivity contribution in [3.8, 4) is 11.4 Å². The van der Waals surface area contributed by atoms with Crippen LogP contribution in [0.2, 0.25) is 0 Å². The Bertz CT molecular complexity index is 1490. The zero-order chi connectivity index (χ0) is 26.3. The fourth-order valence-corrected chi connectivity index (χ4v) is 5.24. The maximum Gasteiger partial charge on any atom is 0.168 e. The van der Waals surface area contributed by atoms with E-state index in [1.165, 1.54) is 12.0 Å². The van der Waals surface area contributed by atoms with Crippen LogP contribution in [0.5, 0.6) is 0 Å². The first-order valence-electron chi connectivity index (χ1n) is 13.0. The van der Waals surface area contributed by atoms with Crippen molar-refractivity contribution in [3.63, 3.8) is 0 Å². The van der Waals surface area contributed by atoms with E-state index in [4.69, 9.17) is 9.97 Å².